The van der Waals surface area contributed by atoms with E-state index in [1.807, 2.05) is 43.0 Å². The van der Waals surface area contributed by atoms with Gasteiger partial charge in [-0.1, -0.05) is 23.7 Å². The molecule has 0 bridgehead atoms. The molecule has 7 heteroatoms. The number of rotatable bonds is 4. The molecule has 1 aromatic heterocycles. The molecular formula is C22H27ClN4O2. The highest BCUT2D eigenvalue weighted by Gasteiger charge is 2.31. The first kappa shape index (κ1) is 20.1. The Morgan fingerprint density at radius 1 is 1.14 bits per heavy atom. The fraction of sp³-hybridized carbons (Fsp3) is 0.500. The molecule has 4 rings (SSSR count). The van der Waals surface area contributed by atoms with Crippen molar-refractivity contribution in [2.75, 3.05) is 44.3 Å². The van der Waals surface area contributed by atoms with Crippen molar-refractivity contribution < 1.29 is 9.53 Å². The predicted molar refractivity (Wildman–Crippen MR) is 113 cm³/mol. The molecule has 1 aromatic carbocycles. The maximum absolute atomic E-state index is 12.7. The zero-order valence-corrected chi connectivity index (χ0v) is 17.8. The van der Waals surface area contributed by atoms with Crippen molar-refractivity contribution >= 4 is 23.3 Å². The lowest BCUT2D eigenvalue weighted by Crippen LogP contribution is -2.51. The van der Waals surface area contributed by atoms with Gasteiger partial charge < -0.3 is 14.5 Å². The zero-order chi connectivity index (χ0) is 20.4. The van der Waals surface area contributed by atoms with Crippen LogP contribution in [0.3, 0.4) is 0 Å². The van der Waals surface area contributed by atoms with Gasteiger partial charge in [0.15, 0.2) is 0 Å². The Hall–Kier alpha value is -2.18. The fourth-order valence-electron chi connectivity index (χ4n) is 4.12. The Balaban J connectivity index is 1.50. The summed E-state index contributed by atoms with van der Waals surface area (Å²) in [5, 5.41) is 0.735. The van der Waals surface area contributed by atoms with Crippen molar-refractivity contribution in [3.8, 4) is 0 Å². The Morgan fingerprint density at radius 2 is 1.86 bits per heavy atom. The summed E-state index contributed by atoms with van der Waals surface area (Å²) in [4.78, 5) is 26.3. The largest absolute Gasteiger partial charge is 0.381 e. The average Bonchev–Trinajstić information content (AvgIpc) is 3.26. The first-order valence-corrected chi connectivity index (χ1v) is 10.6. The van der Waals surface area contributed by atoms with Gasteiger partial charge in [-0.25, -0.2) is 9.97 Å². The number of hydrogen-bond donors (Lipinski definition) is 0. The minimum absolute atomic E-state index is 0.0329. The Bertz CT molecular complexity index is 873. The van der Waals surface area contributed by atoms with Crippen LogP contribution in [0.1, 0.15) is 29.1 Å². The lowest BCUT2D eigenvalue weighted by molar-refractivity contribution is -0.135. The van der Waals surface area contributed by atoms with E-state index < -0.39 is 0 Å². The van der Waals surface area contributed by atoms with Crippen molar-refractivity contribution in [3.05, 3.63) is 51.9 Å². The number of benzene rings is 1. The highest BCUT2D eigenvalue weighted by atomic mass is 35.5. The number of anilines is 1. The molecule has 1 amide bonds. The molecule has 2 fully saturated rings. The topological polar surface area (TPSA) is 58.6 Å². The first-order valence-electron chi connectivity index (χ1n) is 10.2. The van der Waals surface area contributed by atoms with Crippen molar-refractivity contribution in [3.63, 3.8) is 0 Å². The Labute approximate surface area is 176 Å². The van der Waals surface area contributed by atoms with E-state index in [0.717, 1.165) is 66.9 Å². The third kappa shape index (κ3) is 4.54. The van der Waals surface area contributed by atoms with E-state index in [2.05, 4.69) is 9.88 Å². The summed E-state index contributed by atoms with van der Waals surface area (Å²) in [6.07, 6.45) is 1.60. The summed E-state index contributed by atoms with van der Waals surface area (Å²) in [5.41, 5.74) is 3.33. The summed E-state index contributed by atoms with van der Waals surface area (Å²) in [7, 11) is 0. The van der Waals surface area contributed by atoms with Crippen molar-refractivity contribution in [1.82, 2.24) is 14.9 Å². The predicted octanol–water partition coefficient (Wildman–Crippen LogP) is 3.02. The molecular weight excluding hydrogens is 388 g/mol. The summed E-state index contributed by atoms with van der Waals surface area (Å²) in [6, 6.07) is 7.92. The number of ether oxygens (including phenoxy) is 1. The lowest BCUT2D eigenvalue weighted by atomic mass is 10.0. The number of aryl methyl sites for hydroxylation is 2. The van der Waals surface area contributed by atoms with Gasteiger partial charge in [-0.2, -0.15) is 0 Å². The van der Waals surface area contributed by atoms with Gasteiger partial charge in [0.1, 0.15) is 11.6 Å². The highest BCUT2D eigenvalue weighted by molar-refractivity contribution is 6.30. The molecule has 6 nitrogen and oxygen atoms in total. The Morgan fingerprint density at radius 3 is 2.52 bits per heavy atom. The summed E-state index contributed by atoms with van der Waals surface area (Å²) in [6.45, 7) is 8.24. The molecule has 3 heterocycles. The standard InChI is InChI=1S/C22H27ClN4O2/c1-15-20(13-17-3-5-19(23)6-4-17)21(25-16(2)24-15)26-8-10-27(11-9-26)22(28)18-7-12-29-14-18/h3-6,18H,7-14H2,1-2H3/t18-/m1/s1. The maximum atomic E-state index is 12.7. The summed E-state index contributed by atoms with van der Waals surface area (Å²) >= 11 is 6.03. The van der Waals surface area contributed by atoms with Crippen LogP contribution in [-0.4, -0.2) is 60.2 Å². The molecule has 2 aromatic rings. The maximum Gasteiger partial charge on any atom is 0.228 e. The van der Waals surface area contributed by atoms with Gasteiger partial charge in [0.2, 0.25) is 5.91 Å². The van der Waals surface area contributed by atoms with Crippen molar-refractivity contribution in [2.24, 2.45) is 5.92 Å². The number of halogens is 1. The molecule has 0 aliphatic carbocycles. The van der Waals surface area contributed by atoms with Crippen molar-refractivity contribution in [1.29, 1.82) is 0 Å². The van der Waals surface area contributed by atoms with Crippen LogP contribution in [0.15, 0.2) is 24.3 Å². The molecule has 2 saturated heterocycles. The van der Waals surface area contributed by atoms with E-state index in [1.165, 1.54) is 5.56 Å². The van der Waals surface area contributed by atoms with Crippen LogP contribution < -0.4 is 4.90 Å². The fourth-order valence-corrected chi connectivity index (χ4v) is 4.24. The molecule has 0 saturated carbocycles. The SMILES string of the molecule is Cc1nc(C)c(Cc2ccc(Cl)cc2)c(N2CCN(C(=O)[C@@H]3CCOC3)CC2)n1. The van der Waals surface area contributed by atoms with Gasteiger partial charge in [0.05, 0.1) is 12.5 Å². The van der Waals surface area contributed by atoms with Crippen LogP contribution in [0.4, 0.5) is 5.82 Å². The number of carbonyl (C=O) groups is 1. The van der Waals surface area contributed by atoms with Gasteiger partial charge in [-0.15, -0.1) is 0 Å². The monoisotopic (exact) mass is 414 g/mol. The second kappa shape index (κ2) is 8.67. The summed E-state index contributed by atoms with van der Waals surface area (Å²) in [5.74, 6) is 2.03. The van der Waals surface area contributed by atoms with E-state index >= 15 is 0 Å². The van der Waals surface area contributed by atoms with Crippen LogP contribution in [-0.2, 0) is 16.0 Å². The molecule has 0 radical (unpaired) electrons. The highest BCUT2D eigenvalue weighted by Crippen LogP contribution is 2.26. The molecule has 1 atom stereocenters. The van der Waals surface area contributed by atoms with E-state index in [1.54, 1.807) is 0 Å². The third-order valence-electron chi connectivity index (χ3n) is 5.77. The van der Waals surface area contributed by atoms with E-state index in [9.17, 15) is 4.79 Å². The van der Waals surface area contributed by atoms with Crippen molar-refractivity contribution in [2.45, 2.75) is 26.7 Å². The Kier molecular flexibility index (Phi) is 6.01. The van der Waals surface area contributed by atoms with Gasteiger partial charge >= 0.3 is 0 Å². The van der Waals surface area contributed by atoms with Gasteiger partial charge in [0.25, 0.3) is 0 Å². The molecule has 0 spiro atoms. The zero-order valence-electron chi connectivity index (χ0n) is 17.0. The number of piperazine rings is 1. The minimum atomic E-state index is 0.0329. The number of aromatic nitrogens is 2. The van der Waals surface area contributed by atoms with Gasteiger partial charge in [-0.05, 0) is 38.0 Å². The van der Waals surface area contributed by atoms with Gasteiger partial charge in [-0.3, -0.25) is 4.79 Å². The van der Waals surface area contributed by atoms with Crippen LogP contribution in [0, 0.1) is 19.8 Å². The average molecular weight is 415 g/mol. The van der Waals surface area contributed by atoms with Crippen LogP contribution in [0.2, 0.25) is 5.02 Å². The number of hydrogen-bond acceptors (Lipinski definition) is 5. The molecule has 29 heavy (non-hydrogen) atoms. The minimum Gasteiger partial charge on any atom is -0.381 e. The van der Waals surface area contributed by atoms with E-state index in [0.29, 0.717) is 13.2 Å². The quantitative estimate of drug-likeness (QED) is 0.769. The van der Waals surface area contributed by atoms with E-state index in [4.69, 9.17) is 21.3 Å². The first-order chi connectivity index (χ1) is 14.0. The number of nitrogens with zero attached hydrogens (tertiary/aromatic N) is 4. The van der Waals surface area contributed by atoms with Gasteiger partial charge in [0, 0.05) is 55.5 Å². The molecule has 0 N–H and O–H groups in total. The normalized spacial score (nSPS) is 19.6. The third-order valence-corrected chi connectivity index (χ3v) is 6.02. The molecule has 2 aliphatic heterocycles. The van der Waals surface area contributed by atoms with Crippen LogP contribution >= 0.6 is 11.6 Å². The molecule has 0 unspecified atom stereocenters. The molecule has 2 aliphatic rings. The van der Waals surface area contributed by atoms with Crippen LogP contribution in [0.5, 0.6) is 0 Å². The van der Waals surface area contributed by atoms with Crippen LogP contribution in [0.25, 0.3) is 0 Å². The second-order valence-corrected chi connectivity index (χ2v) is 8.27. The smallest absolute Gasteiger partial charge is 0.228 e. The second-order valence-electron chi connectivity index (χ2n) is 7.83. The number of carbonyl (C=O) groups excluding carboxylic acids is 1. The van der Waals surface area contributed by atoms with E-state index in [-0.39, 0.29) is 11.8 Å². The molecule has 154 valence electrons. The summed E-state index contributed by atoms with van der Waals surface area (Å²) < 4.78 is 5.38. The number of amides is 1. The lowest BCUT2D eigenvalue weighted by Gasteiger charge is -2.37.